The van der Waals surface area contributed by atoms with Crippen molar-refractivity contribution < 1.29 is 8.42 Å². The molecule has 1 saturated heterocycles. The van der Waals surface area contributed by atoms with Crippen LogP contribution in [0.15, 0.2) is 150 Å². The smallest absolute Gasteiger partial charge is 0.264 e. The minimum absolute atomic E-state index is 0.113. The van der Waals surface area contributed by atoms with Crippen molar-refractivity contribution in [1.29, 1.82) is 0 Å². The Labute approximate surface area is 274 Å². The van der Waals surface area contributed by atoms with Crippen LogP contribution in [0.5, 0.6) is 0 Å². The van der Waals surface area contributed by atoms with Crippen LogP contribution in [0.4, 0.5) is 5.69 Å². The van der Waals surface area contributed by atoms with Gasteiger partial charge in [0.2, 0.25) is 0 Å². The lowest BCUT2D eigenvalue weighted by Gasteiger charge is -2.41. The van der Waals surface area contributed by atoms with Gasteiger partial charge in [-0.05, 0) is 66.3 Å². The lowest BCUT2D eigenvalue weighted by atomic mass is 10.0. The largest absolute Gasteiger partial charge is 0.302 e. The molecule has 5 aromatic carbocycles. The van der Waals surface area contributed by atoms with E-state index in [1.54, 1.807) is 16.4 Å². The Bertz CT molecular complexity index is 1700. The van der Waals surface area contributed by atoms with E-state index in [0.29, 0.717) is 10.9 Å². The van der Waals surface area contributed by atoms with E-state index < -0.39 is 10.0 Å². The molecule has 0 unspecified atom stereocenters. The number of hydrogen-bond acceptors (Lipinski definition) is 4. The summed E-state index contributed by atoms with van der Waals surface area (Å²) < 4.78 is 30.2. The number of rotatable bonds is 12. The zero-order valence-corrected chi connectivity index (χ0v) is 27.3. The minimum atomic E-state index is -3.77. The molecule has 0 bridgehead atoms. The maximum Gasteiger partial charge on any atom is 0.264 e. The molecule has 1 fully saturated rings. The molecular weight excluding hydrogens is 587 g/mol. The summed E-state index contributed by atoms with van der Waals surface area (Å²) in [4.78, 5) is 5.38. The van der Waals surface area contributed by atoms with Crippen LogP contribution in [-0.4, -0.2) is 49.9 Å². The average molecular weight is 630 g/mol. The van der Waals surface area contributed by atoms with Crippen molar-refractivity contribution in [3.8, 4) is 11.1 Å². The summed E-state index contributed by atoms with van der Waals surface area (Å²) >= 11 is 0. The van der Waals surface area contributed by atoms with E-state index in [0.717, 1.165) is 62.4 Å². The van der Waals surface area contributed by atoms with Crippen molar-refractivity contribution in [2.24, 2.45) is 0 Å². The Hall–Kier alpha value is -4.23. The fraction of sp³-hybridized carbons (Fsp3) is 0.250. The topological polar surface area (TPSA) is 43.9 Å². The highest BCUT2D eigenvalue weighted by Gasteiger charge is 2.34. The van der Waals surface area contributed by atoms with Crippen LogP contribution in [0.3, 0.4) is 0 Å². The van der Waals surface area contributed by atoms with Crippen LogP contribution in [0, 0.1) is 0 Å². The van der Waals surface area contributed by atoms with Crippen LogP contribution < -0.4 is 4.31 Å². The second-order valence-electron chi connectivity index (χ2n) is 12.3. The summed E-state index contributed by atoms with van der Waals surface area (Å²) in [5.41, 5.74) is 5.41. The average Bonchev–Trinajstić information content (AvgIpc) is 3.10. The standard InChI is InChI=1S/C40H43N3O2S/c1-33(42(31-34-14-6-2-7-15-34)32-35-16-8-3-9-17-35)30-41-28-26-39(27-29-41)43(38-20-12-5-13-21-38)46(44,45)40-24-22-37(23-25-40)36-18-10-4-11-19-36/h2-25,33,39H,26-32H2,1H3/t33-/m0/s1. The zero-order valence-electron chi connectivity index (χ0n) is 26.5. The Kier molecular flexibility index (Phi) is 10.3. The fourth-order valence-electron chi connectivity index (χ4n) is 6.51. The van der Waals surface area contributed by atoms with Gasteiger partial charge in [0.1, 0.15) is 0 Å². The lowest BCUT2D eigenvalue weighted by molar-refractivity contribution is 0.119. The number of nitrogens with zero attached hydrogens (tertiary/aromatic N) is 3. The molecule has 5 nitrogen and oxygen atoms in total. The van der Waals surface area contributed by atoms with Crippen molar-refractivity contribution >= 4 is 15.7 Å². The van der Waals surface area contributed by atoms with Crippen LogP contribution in [0.25, 0.3) is 11.1 Å². The van der Waals surface area contributed by atoms with Gasteiger partial charge in [0.25, 0.3) is 10.0 Å². The second-order valence-corrected chi connectivity index (χ2v) is 14.1. The fourth-order valence-corrected chi connectivity index (χ4v) is 8.22. The van der Waals surface area contributed by atoms with E-state index in [9.17, 15) is 8.42 Å². The molecule has 1 heterocycles. The molecule has 0 saturated carbocycles. The van der Waals surface area contributed by atoms with Crippen molar-refractivity contribution in [2.45, 2.75) is 49.8 Å². The van der Waals surface area contributed by atoms with E-state index >= 15 is 0 Å². The van der Waals surface area contributed by atoms with Crippen molar-refractivity contribution in [1.82, 2.24) is 9.80 Å². The van der Waals surface area contributed by atoms with Gasteiger partial charge in [0.15, 0.2) is 0 Å². The first-order chi connectivity index (χ1) is 22.5. The highest BCUT2D eigenvalue weighted by Crippen LogP contribution is 2.32. The molecule has 46 heavy (non-hydrogen) atoms. The Balaban J connectivity index is 1.16. The SMILES string of the molecule is C[C@@H](CN1CCC(N(c2ccccc2)S(=O)(=O)c2ccc(-c3ccccc3)cc2)CC1)N(Cc1ccccc1)Cc1ccccc1. The summed E-state index contributed by atoms with van der Waals surface area (Å²) in [7, 11) is -3.77. The number of hydrogen-bond donors (Lipinski definition) is 0. The van der Waals surface area contributed by atoms with Crippen LogP contribution in [-0.2, 0) is 23.1 Å². The van der Waals surface area contributed by atoms with Gasteiger partial charge in [0, 0.05) is 44.8 Å². The first kappa shape index (κ1) is 31.7. The van der Waals surface area contributed by atoms with Crippen LogP contribution in [0.1, 0.15) is 30.9 Å². The maximum atomic E-state index is 14.3. The minimum Gasteiger partial charge on any atom is -0.302 e. The molecule has 0 spiro atoms. The predicted molar refractivity (Wildman–Crippen MR) is 189 cm³/mol. The third-order valence-electron chi connectivity index (χ3n) is 9.02. The summed E-state index contributed by atoms with van der Waals surface area (Å²) in [6.45, 7) is 6.73. The summed E-state index contributed by atoms with van der Waals surface area (Å²) in [6, 6.07) is 48.5. The molecule has 0 aromatic heterocycles. The molecule has 0 radical (unpaired) electrons. The Morgan fingerprint density at radius 2 is 1.09 bits per heavy atom. The van der Waals surface area contributed by atoms with Gasteiger partial charge in [-0.2, -0.15) is 0 Å². The van der Waals surface area contributed by atoms with Gasteiger partial charge in [-0.3, -0.25) is 9.21 Å². The van der Waals surface area contributed by atoms with E-state index in [1.165, 1.54) is 11.1 Å². The molecule has 6 heteroatoms. The Morgan fingerprint density at radius 1 is 0.630 bits per heavy atom. The molecule has 0 N–H and O–H groups in total. The second kappa shape index (κ2) is 14.9. The summed E-state index contributed by atoms with van der Waals surface area (Å²) in [5, 5.41) is 0. The predicted octanol–water partition coefficient (Wildman–Crippen LogP) is 8.10. The first-order valence-electron chi connectivity index (χ1n) is 16.3. The van der Waals surface area contributed by atoms with Crippen molar-refractivity contribution in [2.75, 3.05) is 23.9 Å². The molecular formula is C40H43N3O2S. The van der Waals surface area contributed by atoms with Gasteiger partial charge in [-0.1, -0.05) is 121 Å². The van der Waals surface area contributed by atoms with E-state index in [2.05, 4.69) is 77.4 Å². The van der Waals surface area contributed by atoms with E-state index in [1.807, 2.05) is 72.8 Å². The molecule has 0 amide bonds. The number of anilines is 1. The zero-order chi connectivity index (χ0) is 31.8. The van der Waals surface area contributed by atoms with Crippen LogP contribution in [0.2, 0.25) is 0 Å². The molecule has 1 aliphatic heterocycles. The normalized spacial score (nSPS) is 15.1. The highest BCUT2D eigenvalue weighted by atomic mass is 32.2. The number of benzene rings is 5. The van der Waals surface area contributed by atoms with E-state index in [-0.39, 0.29) is 6.04 Å². The van der Waals surface area contributed by atoms with Gasteiger partial charge in [-0.15, -0.1) is 0 Å². The monoisotopic (exact) mass is 629 g/mol. The molecule has 5 aromatic rings. The Morgan fingerprint density at radius 3 is 1.61 bits per heavy atom. The number of piperidine rings is 1. The van der Waals surface area contributed by atoms with Crippen molar-refractivity contribution in [3.63, 3.8) is 0 Å². The third kappa shape index (κ3) is 7.76. The van der Waals surface area contributed by atoms with Gasteiger partial charge in [-0.25, -0.2) is 8.42 Å². The molecule has 236 valence electrons. The molecule has 0 aliphatic carbocycles. The van der Waals surface area contributed by atoms with Crippen LogP contribution >= 0.6 is 0 Å². The first-order valence-corrected chi connectivity index (χ1v) is 17.7. The number of likely N-dealkylation sites (tertiary alicyclic amines) is 1. The number of sulfonamides is 1. The summed E-state index contributed by atoms with van der Waals surface area (Å²) in [5.74, 6) is 0. The van der Waals surface area contributed by atoms with Gasteiger partial charge in [0.05, 0.1) is 10.6 Å². The van der Waals surface area contributed by atoms with E-state index in [4.69, 9.17) is 0 Å². The quantitative estimate of drug-likeness (QED) is 0.140. The van der Waals surface area contributed by atoms with Gasteiger partial charge >= 0.3 is 0 Å². The van der Waals surface area contributed by atoms with Gasteiger partial charge < -0.3 is 4.90 Å². The van der Waals surface area contributed by atoms with Crippen molar-refractivity contribution in [3.05, 3.63) is 157 Å². The third-order valence-corrected chi connectivity index (χ3v) is 10.9. The molecule has 6 rings (SSSR count). The highest BCUT2D eigenvalue weighted by molar-refractivity contribution is 7.92. The summed E-state index contributed by atoms with van der Waals surface area (Å²) in [6.07, 6.45) is 1.56. The lowest BCUT2D eigenvalue weighted by Crippen LogP contribution is -2.50. The molecule has 1 aliphatic rings. The molecule has 1 atom stereocenters. The number of para-hydroxylation sites is 1. The maximum absolute atomic E-state index is 14.3.